The van der Waals surface area contributed by atoms with Gasteiger partial charge in [0.15, 0.2) is 0 Å². The van der Waals surface area contributed by atoms with Gasteiger partial charge in [0.1, 0.15) is 0 Å². The Labute approximate surface area is 145 Å². The third kappa shape index (κ3) is 10.6. The molecule has 0 unspecified atom stereocenters. The van der Waals surface area contributed by atoms with Crippen LogP contribution in [0.25, 0.3) is 0 Å². The molecule has 0 spiro atoms. The summed E-state index contributed by atoms with van der Waals surface area (Å²) in [6, 6.07) is 0. The topological polar surface area (TPSA) is 0 Å². The molecule has 0 nitrogen and oxygen atoms in total. The van der Waals surface area contributed by atoms with E-state index in [0.29, 0.717) is 0 Å². The zero-order valence-corrected chi connectivity index (χ0v) is 15.8. The maximum Gasteiger partial charge on any atom is 0 e. The fraction of sp³-hybridized carbons (Fsp3) is 0.900. The number of hydrogen-bond acceptors (Lipinski definition) is 0. The molecular formula is C20H38Al. The molecule has 3 radical (unpaired) electrons. The first-order valence-corrected chi connectivity index (χ1v) is 9.49. The normalized spacial score (nSPS) is 21.2. The van der Waals surface area contributed by atoms with Crippen molar-refractivity contribution in [2.45, 2.75) is 103 Å². The Hall–Kier alpha value is 0.272. The van der Waals surface area contributed by atoms with Crippen LogP contribution in [0.15, 0.2) is 12.7 Å². The van der Waals surface area contributed by atoms with Crippen LogP contribution in [0.3, 0.4) is 0 Å². The number of hydrogen-bond donors (Lipinski definition) is 0. The van der Waals surface area contributed by atoms with Gasteiger partial charge in [0, 0.05) is 17.4 Å². The molecule has 1 heteroatoms. The van der Waals surface area contributed by atoms with Crippen LogP contribution >= 0.6 is 0 Å². The Morgan fingerprint density at radius 3 is 1.90 bits per heavy atom. The van der Waals surface area contributed by atoms with Crippen molar-refractivity contribution in [3.63, 3.8) is 0 Å². The van der Waals surface area contributed by atoms with Gasteiger partial charge < -0.3 is 0 Å². The van der Waals surface area contributed by atoms with Gasteiger partial charge in [0.2, 0.25) is 0 Å². The fourth-order valence-electron chi connectivity index (χ4n) is 3.93. The van der Waals surface area contributed by atoms with E-state index in [4.69, 9.17) is 0 Å². The Morgan fingerprint density at radius 1 is 0.810 bits per heavy atom. The fourth-order valence-corrected chi connectivity index (χ4v) is 3.93. The Balaban J connectivity index is 0.00000400. The van der Waals surface area contributed by atoms with E-state index in [-0.39, 0.29) is 17.4 Å². The van der Waals surface area contributed by atoms with Crippen molar-refractivity contribution in [1.82, 2.24) is 0 Å². The molecule has 0 aliphatic heterocycles. The molecule has 1 aliphatic rings. The second kappa shape index (κ2) is 15.2. The molecule has 0 heterocycles. The second-order valence-electron chi connectivity index (χ2n) is 6.93. The van der Waals surface area contributed by atoms with Gasteiger partial charge in [0.25, 0.3) is 0 Å². The average Bonchev–Trinajstić information content (AvgIpc) is 2.90. The number of unbranched alkanes of at least 4 members (excludes halogenated alkanes) is 8. The highest BCUT2D eigenvalue weighted by Gasteiger charge is 2.25. The molecule has 1 rings (SSSR count). The maximum absolute atomic E-state index is 3.81. The zero-order valence-electron chi connectivity index (χ0n) is 14.6. The first-order chi connectivity index (χ1) is 9.88. The van der Waals surface area contributed by atoms with Crippen LogP contribution in [0.2, 0.25) is 0 Å². The van der Waals surface area contributed by atoms with Gasteiger partial charge in [-0.25, -0.2) is 0 Å². The molecule has 21 heavy (non-hydrogen) atoms. The third-order valence-corrected chi connectivity index (χ3v) is 5.23. The second-order valence-corrected chi connectivity index (χ2v) is 6.93. The van der Waals surface area contributed by atoms with Crippen LogP contribution in [0.4, 0.5) is 0 Å². The molecule has 0 N–H and O–H groups in total. The summed E-state index contributed by atoms with van der Waals surface area (Å²) in [6.45, 7) is 6.11. The van der Waals surface area contributed by atoms with Gasteiger partial charge in [-0.15, -0.1) is 6.58 Å². The van der Waals surface area contributed by atoms with Crippen molar-refractivity contribution in [2.24, 2.45) is 11.8 Å². The van der Waals surface area contributed by atoms with Crippen LogP contribution in [-0.4, -0.2) is 17.4 Å². The van der Waals surface area contributed by atoms with Crippen LogP contribution in [0, 0.1) is 11.8 Å². The van der Waals surface area contributed by atoms with E-state index in [1.54, 1.807) is 0 Å². The molecule has 0 saturated heterocycles. The number of rotatable bonds is 13. The van der Waals surface area contributed by atoms with Crippen molar-refractivity contribution >= 4 is 17.4 Å². The Morgan fingerprint density at radius 2 is 1.33 bits per heavy atom. The van der Waals surface area contributed by atoms with E-state index in [2.05, 4.69) is 19.6 Å². The first kappa shape index (κ1) is 21.3. The summed E-state index contributed by atoms with van der Waals surface area (Å²) in [5.41, 5.74) is 0. The van der Waals surface area contributed by atoms with Gasteiger partial charge in [-0.1, -0.05) is 96.5 Å². The average molecular weight is 306 g/mol. The van der Waals surface area contributed by atoms with Gasteiger partial charge in [-0.3, -0.25) is 0 Å². The Bertz CT molecular complexity index is 224. The van der Waals surface area contributed by atoms with E-state index in [1.807, 2.05) is 0 Å². The predicted molar refractivity (Wildman–Crippen MR) is 97.9 cm³/mol. The molecular weight excluding hydrogens is 267 g/mol. The first-order valence-electron chi connectivity index (χ1n) is 9.49. The molecule has 0 amide bonds. The lowest BCUT2D eigenvalue weighted by atomic mass is 9.87. The molecule has 121 valence electrons. The highest BCUT2D eigenvalue weighted by Crippen LogP contribution is 2.38. The molecule has 0 aromatic carbocycles. The van der Waals surface area contributed by atoms with Crippen LogP contribution < -0.4 is 0 Å². The van der Waals surface area contributed by atoms with E-state index < -0.39 is 0 Å². The molecule has 2 atom stereocenters. The minimum absolute atomic E-state index is 0. The van der Waals surface area contributed by atoms with E-state index in [1.165, 1.54) is 96.3 Å². The quantitative estimate of drug-likeness (QED) is 0.197. The molecule has 1 saturated carbocycles. The monoisotopic (exact) mass is 305 g/mol. The molecule has 1 aliphatic carbocycles. The van der Waals surface area contributed by atoms with Crippen molar-refractivity contribution in [3.05, 3.63) is 12.7 Å². The van der Waals surface area contributed by atoms with Gasteiger partial charge >= 0.3 is 0 Å². The lowest BCUT2D eigenvalue weighted by molar-refractivity contribution is 0.323. The molecule has 0 aromatic heterocycles. The summed E-state index contributed by atoms with van der Waals surface area (Å²) in [4.78, 5) is 0. The van der Waals surface area contributed by atoms with Crippen molar-refractivity contribution in [3.8, 4) is 0 Å². The highest BCUT2D eigenvalue weighted by atomic mass is 27.0. The van der Waals surface area contributed by atoms with Crippen molar-refractivity contribution in [1.29, 1.82) is 0 Å². The molecule has 0 aromatic rings. The smallest absolute Gasteiger partial charge is 0 e. The van der Waals surface area contributed by atoms with Crippen LogP contribution in [0.5, 0.6) is 0 Å². The SMILES string of the molecule is C=CCCCCC[C@H]1CCC[C@@H]1CCCCCCCC.[Al]. The maximum atomic E-state index is 3.81. The van der Waals surface area contributed by atoms with Crippen molar-refractivity contribution in [2.75, 3.05) is 0 Å². The minimum Gasteiger partial charge on any atom is -0.103 e. The predicted octanol–water partition coefficient (Wildman–Crippen LogP) is 6.91. The summed E-state index contributed by atoms with van der Waals surface area (Å²) in [5, 5.41) is 0. The van der Waals surface area contributed by atoms with Crippen molar-refractivity contribution < 1.29 is 0 Å². The standard InChI is InChI=1S/C20H38.Al/c1-3-5-7-9-11-13-16-20-18-14-17-19(20)15-12-10-8-6-4-2;/h4,19-20H,2-3,5-18H2,1H3;/t19-,20-;/m0./s1. The lowest BCUT2D eigenvalue weighted by Crippen LogP contribution is -2.08. The third-order valence-electron chi connectivity index (χ3n) is 5.23. The minimum atomic E-state index is 0. The summed E-state index contributed by atoms with van der Waals surface area (Å²) in [7, 11) is 0. The van der Waals surface area contributed by atoms with Crippen LogP contribution in [0.1, 0.15) is 103 Å². The Kier molecular flexibility index (Phi) is 15.4. The summed E-state index contributed by atoms with van der Waals surface area (Å²) in [5.74, 6) is 2.16. The largest absolute Gasteiger partial charge is 0.103 e. The summed E-state index contributed by atoms with van der Waals surface area (Å²) < 4.78 is 0. The van der Waals surface area contributed by atoms with E-state index >= 15 is 0 Å². The lowest BCUT2D eigenvalue weighted by Gasteiger charge is -2.19. The van der Waals surface area contributed by atoms with Gasteiger partial charge in [0.05, 0.1) is 0 Å². The van der Waals surface area contributed by atoms with E-state index in [0.717, 1.165) is 11.8 Å². The zero-order chi connectivity index (χ0) is 14.5. The molecule has 1 fully saturated rings. The summed E-state index contributed by atoms with van der Waals surface area (Å²) >= 11 is 0. The summed E-state index contributed by atoms with van der Waals surface area (Å²) in [6.07, 6.45) is 23.9. The number of allylic oxidation sites excluding steroid dienone is 1. The highest BCUT2D eigenvalue weighted by molar-refractivity contribution is 5.75. The van der Waals surface area contributed by atoms with Crippen LogP contribution in [-0.2, 0) is 0 Å². The van der Waals surface area contributed by atoms with E-state index in [9.17, 15) is 0 Å². The van der Waals surface area contributed by atoms with Gasteiger partial charge in [-0.2, -0.15) is 0 Å². The molecule has 0 bridgehead atoms. The van der Waals surface area contributed by atoms with Gasteiger partial charge in [-0.05, 0) is 24.7 Å².